The first-order valence-corrected chi connectivity index (χ1v) is 6.84. The van der Waals surface area contributed by atoms with E-state index in [2.05, 4.69) is 0 Å². The summed E-state index contributed by atoms with van der Waals surface area (Å²) >= 11 is 0. The highest BCUT2D eigenvalue weighted by Gasteiger charge is 2.26. The highest BCUT2D eigenvalue weighted by Crippen LogP contribution is 2.46. The number of aliphatic hydroxyl groups excluding tert-OH is 2. The third-order valence-corrected chi connectivity index (χ3v) is 3.83. The van der Waals surface area contributed by atoms with Crippen LogP contribution in [0.2, 0.25) is 0 Å². The van der Waals surface area contributed by atoms with Crippen molar-refractivity contribution in [2.45, 2.75) is 26.1 Å². The van der Waals surface area contributed by atoms with Crippen LogP contribution in [0.3, 0.4) is 0 Å². The molecule has 7 heteroatoms. The summed E-state index contributed by atoms with van der Waals surface area (Å²) in [7, 11) is -0.521. The van der Waals surface area contributed by atoms with E-state index >= 15 is 0 Å². The lowest BCUT2D eigenvalue weighted by Gasteiger charge is -2.27. The van der Waals surface area contributed by atoms with E-state index in [0.29, 0.717) is 13.1 Å². The second-order valence-electron chi connectivity index (χ2n) is 3.85. The Morgan fingerprint density at radius 2 is 1.50 bits per heavy atom. The minimum Gasteiger partial charge on any atom is -0.392 e. The minimum absolute atomic E-state index is 0.0514. The molecular formula is C9H22NO5P. The maximum atomic E-state index is 11.9. The van der Waals surface area contributed by atoms with Crippen molar-refractivity contribution in [2.24, 2.45) is 0 Å². The lowest BCUT2D eigenvalue weighted by molar-refractivity contribution is 0.0892. The third kappa shape index (κ3) is 6.58. The number of nitrogens with zero attached hydrogens (tertiary/aromatic N) is 1. The van der Waals surface area contributed by atoms with Crippen molar-refractivity contribution in [3.05, 3.63) is 0 Å². The first-order valence-electron chi connectivity index (χ1n) is 5.12. The molecule has 16 heavy (non-hydrogen) atoms. The maximum absolute atomic E-state index is 11.9. The van der Waals surface area contributed by atoms with E-state index in [1.807, 2.05) is 0 Å². The molecule has 0 saturated heterocycles. The van der Waals surface area contributed by atoms with Gasteiger partial charge in [0.05, 0.1) is 12.2 Å². The van der Waals surface area contributed by atoms with Crippen molar-refractivity contribution < 1.29 is 23.8 Å². The van der Waals surface area contributed by atoms with Gasteiger partial charge in [0.25, 0.3) is 0 Å². The minimum atomic E-state index is -3.15. The van der Waals surface area contributed by atoms with Crippen LogP contribution in [0.4, 0.5) is 0 Å². The zero-order chi connectivity index (χ0) is 12.8. The van der Waals surface area contributed by atoms with Gasteiger partial charge in [-0.25, -0.2) is 0 Å². The summed E-state index contributed by atoms with van der Waals surface area (Å²) in [5, 5.41) is 18.6. The van der Waals surface area contributed by atoms with Gasteiger partial charge < -0.3 is 19.3 Å². The lowest BCUT2D eigenvalue weighted by atomic mass is 10.3. The first kappa shape index (κ1) is 16.0. The zero-order valence-corrected chi connectivity index (χ0v) is 11.2. The molecule has 2 atom stereocenters. The van der Waals surface area contributed by atoms with Gasteiger partial charge in [0.2, 0.25) is 0 Å². The summed E-state index contributed by atoms with van der Waals surface area (Å²) in [6, 6.07) is 0. The summed E-state index contributed by atoms with van der Waals surface area (Å²) in [6.45, 7) is 3.86. The van der Waals surface area contributed by atoms with Crippen LogP contribution in [0.1, 0.15) is 13.8 Å². The van der Waals surface area contributed by atoms with Crippen LogP contribution in [-0.4, -0.2) is 60.9 Å². The van der Waals surface area contributed by atoms with Gasteiger partial charge in [-0.05, 0) is 13.8 Å². The molecule has 0 radical (unpaired) electrons. The SMILES string of the molecule is COP(=O)(CN(CC(C)O)CC(C)O)OC. The Labute approximate surface area is 96.7 Å². The topological polar surface area (TPSA) is 79.2 Å². The molecule has 0 spiro atoms. The van der Waals surface area contributed by atoms with Crippen LogP contribution in [0, 0.1) is 0 Å². The fourth-order valence-corrected chi connectivity index (χ4v) is 2.47. The zero-order valence-electron chi connectivity index (χ0n) is 10.3. The summed E-state index contributed by atoms with van der Waals surface area (Å²) in [5.41, 5.74) is 0. The maximum Gasteiger partial charge on any atom is 0.344 e. The summed E-state index contributed by atoms with van der Waals surface area (Å²) in [6.07, 6.45) is -1.09. The Morgan fingerprint density at radius 1 is 1.12 bits per heavy atom. The average molecular weight is 255 g/mol. The quantitative estimate of drug-likeness (QED) is 0.615. The van der Waals surface area contributed by atoms with Gasteiger partial charge in [-0.15, -0.1) is 0 Å². The molecule has 0 aliphatic heterocycles. The Hall–Kier alpha value is 0.0300. The van der Waals surface area contributed by atoms with Gasteiger partial charge >= 0.3 is 7.60 Å². The van der Waals surface area contributed by atoms with E-state index in [1.165, 1.54) is 14.2 Å². The molecule has 0 heterocycles. The molecule has 0 bridgehead atoms. The highest BCUT2D eigenvalue weighted by atomic mass is 31.2. The molecule has 6 nitrogen and oxygen atoms in total. The molecule has 0 aliphatic carbocycles. The monoisotopic (exact) mass is 255 g/mol. The Morgan fingerprint density at radius 3 is 1.75 bits per heavy atom. The van der Waals surface area contributed by atoms with E-state index in [-0.39, 0.29) is 6.29 Å². The molecule has 2 unspecified atom stereocenters. The average Bonchev–Trinajstić information content (AvgIpc) is 2.15. The number of rotatable bonds is 8. The second kappa shape index (κ2) is 7.37. The van der Waals surface area contributed by atoms with Crippen LogP contribution in [0.25, 0.3) is 0 Å². The molecular weight excluding hydrogens is 233 g/mol. The summed E-state index contributed by atoms with van der Waals surface area (Å²) in [5.74, 6) is 0. The molecule has 2 N–H and O–H groups in total. The predicted octanol–water partition coefficient (Wildman–Crippen LogP) is 0.493. The third-order valence-electron chi connectivity index (χ3n) is 1.97. The first-order chi connectivity index (χ1) is 7.33. The van der Waals surface area contributed by atoms with Crippen LogP contribution in [0.5, 0.6) is 0 Å². The second-order valence-corrected chi connectivity index (χ2v) is 6.09. The molecule has 0 rings (SSSR count). The predicted molar refractivity (Wildman–Crippen MR) is 61.4 cm³/mol. The fourth-order valence-electron chi connectivity index (χ4n) is 1.37. The number of hydrogen-bond acceptors (Lipinski definition) is 6. The Balaban J connectivity index is 4.45. The molecule has 0 saturated carbocycles. The molecule has 0 aromatic heterocycles. The summed E-state index contributed by atoms with van der Waals surface area (Å²) in [4.78, 5) is 1.66. The molecule has 0 amide bonds. The normalized spacial score (nSPS) is 16.4. The van der Waals surface area contributed by atoms with Crippen molar-refractivity contribution in [2.75, 3.05) is 33.6 Å². The van der Waals surface area contributed by atoms with Crippen LogP contribution in [0.15, 0.2) is 0 Å². The fraction of sp³-hybridized carbons (Fsp3) is 1.00. The van der Waals surface area contributed by atoms with Gasteiger partial charge in [-0.3, -0.25) is 9.46 Å². The van der Waals surface area contributed by atoms with E-state index in [1.54, 1.807) is 18.7 Å². The highest BCUT2D eigenvalue weighted by molar-refractivity contribution is 7.53. The van der Waals surface area contributed by atoms with Gasteiger partial charge in [0.15, 0.2) is 0 Å². The standard InChI is InChI=1S/C9H22NO5P/c1-8(11)5-10(6-9(2)12)7-16(13,14-3)15-4/h8-9,11-12H,5-7H2,1-4H3. The van der Waals surface area contributed by atoms with Gasteiger partial charge in [0.1, 0.15) is 6.29 Å². The smallest absolute Gasteiger partial charge is 0.344 e. The van der Waals surface area contributed by atoms with Gasteiger partial charge in [-0.1, -0.05) is 0 Å². The Kier molecular flexibility index (Phi) is 7.39. The van der Waals surface area contributed by atoms with E-state index in [0.717, 1.165) is 0 Å². The van der Waals surface area contributed by atoms with Crippen LogP contribution in [-0.2, 0) is 13.6 Å². The number of hydrogen-bond donors (Lipinski definition) is 2. The van der Waals surface area contributed by atoms with Crippen molar-refractivity contribution >= 4 is 7.60 Å². The number of aliphatic hydroxyl groups is 2. The van der Waals surface area contributed by atoms with Gasteiger partial charge in [-0.2, -0.15) is 0 Å². The molecule has 0 fully saturated rings. The molecule has 0 aliphatic rings. The van der Waals surface area contributed by atoms with Crippen molar-refractivity contribution in [1.82, 2.24) is 4.90 Å². The largest absolute Gasteiger partial charge is 0.392 e. The molecule has 98 valence electrons. The molecule has 0 aromatic rings. The summed E-state index contributed by atoms with van der Waals surface area (Å²) < 4.78 is 21.5. The van der Waals surface area contributed by atoms with E-state index in [4.69, 9.17) is 9.05 Å². The van der Waals surface area contributed by atoms with Crippen molar-refractivity contribution in [3.63, 3.8) is 0 Å². The molecule has 0 aromatic carbocycles. The van der Waals surface area contributed by atoms with E-state index < -0.39 is 19.8 Å². The van der Waals surface area contributed by atoms with Crippen LogP contribution >= 0.6 is 7.60 Å². The van der Waals surface area contributed by atoms with Crippen molar-refractivity contribution in [3.8, 4) is 0 Å². The van der Waals surface area contributed by atoms with Gasteiger partial charge in [0, 0.05) is 27.3 Å². The lowest BCUT2D eigenvalue weighted by Crippen LogP contribution is -2.37. The van der Waals surface area contributed by atoms with Crippen LogP contribution < -0.4 is 0 Å². The Bertz CT molecular complexity index is 216. The van der Waals surface area contributed by atoms with E-state index in [9.17, 15) is 14.8 Å². The van der Waals surface area contributed by atoms with Crippen molar-refractivity contribution in [1.29, 1.82) is 0 Å².